The Hall–Kier alpha value is -0.120. The van der Waals surface area contributed by atoms with E-state index in [2.05, 4.69) is 23.6 Å². The lowest BCUT2D eigenvalue weighted by molar-refractivity contribution is 0.0213. The van der Waals surface area contributed by atoms with Gasteiger partial charge in [-0.15, -0.1) is 0 Å². The number of rotatable bonds is 2. The van der Waals surface area contributed by atoms with Crippen molar-refractivity contribution in [3.05, 3.63) is 0 Å². The second-order valence-corrected chi connectivity index (χ2v) is 5.65. The molecule has 0 saturated carbocycles. The third-order valence-electron chi connectivity index (χ3n) is 4.17. The van der Waals surface area contributed by atoms with Crippen molar-refractivity contribution in [2.24, 2.45) is 0 Å². The molecular weight excluding hydrogens is 200 g/mol. The number of nitrogens with zero attached hydrogens (tertiary/aromatic N) is 2. The fraction of sp³-hybridized carbons (Fsp3) is 1.00. The zero-order chi connectivity index (χ0) is 11.5. The van der Waals surface area contributed by atoms with E-state index in [9.17, 15) is 5.11 Å². The van der Waals surface area contributed by atoms with Gasteiger partial charge in [0.05, 0.1) is 6.10 Å². The van der Waals surface area contributed by atoms with Gasteiger partial charge in [-0.25, -0.2) is 0 Å². The number of piperidine rings is 2. The van der Waals surface area contributed by atoms with Crippen LogP contribution in [-0.2, 0) is 0 Å². The Morgan fingerprint density at radius 3 is 2.31 bits per heavy atom. The summed E-state index contributed by atoms with van der Waals surface area (Å²) in [4.78, 5) is 5.09. The fourth-order valence-electron chi connectivity index (χ4n) is 3.08. The Labute approximate surface area is 99.4 Å². The van der Waals surface area contributed by atoms with Crippen LogP contribution in [0.25, 0.3) is 0 Å². The van der Waals surface area contributed by atoms with Crippen LogP contribution in [0.4, 0.5) is 0 Å². The monoisotopic (exact) mass is 226 g/mol. The molecule has 0 spiro atoms. The van der Waals surface area contributed by atoms with Crippen molar-refractivity contribution in [2.75, 3.05) is 26.2 Å². The minimum Gasteiger partial charge on any atom is -0.392 e. The normalized spacial score (nSPS) is 31.1. The van der Waals surface area contributed by atoms with Gasteiger partial charge in [-0.2, -0.15) is 0 Å². The third kappa shape index (κ3) is 2.96. The Kier molecular flexibility index (Phi) is 4.22. The minimum absolute atomic E-state index is 0.0723. The highest BCUT2D eigenvalue weighted by atomic mass is 16.3. The lowest BCUT2D eigenvalue weighted by Gasteiger charge is -2.42. The molecule has 3 heteroatoms. The molecule has 0 aromatic carbocycles. The molecule has 0 aromatic rings. The van der Waals surface area contributed by atoms with E-state index in [0.717, 1.165) is 19.0 Å². The third-order valence-corrected chi connectivity index (χ3v) is 4.17. The number of likely N-dealkylation sites (tertiary alicyclic amines) is 2. The minimum atomic E-state index is -0.0723. The number of aliphatic hydroxyl groups excluding tert-OH is 1. The zero-order valence-electron chi connectivity index (χ0n) is 10.7. The van der Waals surface area contributed by atoms with E-state index in [4.69, 9.17) is 0 Å². The lowest BCUT2D eigenvalue weighted by Crippen LogP contribution is -2.50. The van der Waals surface area contributed by atoms with Crippen molar-refractivity contribution in [2.45, 2.75) is 57.7 Å². The molecule has 2 saturated heterocycles. The van der Waals surface area contributed by atoms with Crippen LogP contribution in [0.15, 0.2) is 0 Å². The summed E-state index contributed by atoms with van der Waals surface area (Å²) in [5.74, 6) is 0. The molecule has 3 nitrogen and oxygen atoms in total. The molecule has 1 N–H and O–H groups in total. The molecule has 1 unspecified atom stereocenters. The van der Waals surface area contributed by atoms with Gasteiger partial charge < -0.3 is 10.0 Å². The number of β-amino-alcohol motifs (C(OH)–C–C–N with tert-alkyl or cyclic N) is 1. The van der Waals surface area contributed by atoms with E-state index in [-0.39, 0.29) is 6.10 Å². The average molecular weight is 226 g/mol. The first-order chi connectivity index (χ1) is 7.66. The molecule has 16 heavy (non-hydrogen) atoms. The second-order valence-electron chi connectivity index (χ2n) is 5.65. The van der Waals surface area contributed by atoms with Gasteiger partial charge in [0.2, 0.25) is 0 Å². The van der Waals surface area contributed by atoms with Crippen molar-refractivity contribution in [1.29, 1.82) is 0 Å². The topological polar surface area (TPSA) is 26.7 Å². The first-order valence-corrected chi connectivity index (χ1v) is 6.83. The molecule has 2 rings (SSSR count). The number of hydrogen-bond donors (Lipinski definition) is 1. The van der Waals surface area contributed by atoms with Crippen molar-refractivity contribution >= 4 is 0 Å². The maximum absolute atomic E-state index is 9.70. The van der Waals surface area contributed by atoms with Crippen LogP contribution >= 0.6 is 0 Å². The van der Waals surface area contributed by atoms with Crippen molar-refractivity contribution in [3.8, 4) is 0 Å². The molecule has 0 bridgehead atoms. The maximum Gasteiger partial charge on any atom is 0.0667 e. The van der Waals surface area contributed by atoms with Crippen LogP contribution in [0.3, 0.4) is 0 Å². The molecule has 1 atom stereocenters. The molecule has 2 aliphatic rings. The highest BCUT2D eigenvalue weighted by molar-refractivity contribution is 4.84. The SMILES string of the molecule is CC(C)N1CCC(N2CCCC(O)C2)CC1. The molecule has 2 fully saturated rings. The van der Waals surface area contributed by atoms with E-state index in [1.54, 1.807) is 0 Å². The molecular formula is C13H26N2O. The zero-order valence-corrected chi connectivity index (χ0v) is 10.7. The van der Waals surface area contributed by atoms with Crippen molar-refractivity contribution in [3.63, 3.8) is 0 Å². The first-order valence-electron chi connectivity index (χ1n) is 6.83. The average Bonchev–Trinajstić information content (AvgIpc) is 2.29. The predicted molar refractivity (Wildman–Crippen MR) is 66.5 cm³/mol. The van der Waals surface area contributed by atoms with Crippen LogP contribution in [-0.4, -0.2) is 59.3 Å². The van der Waals surface area contributed by atoms with E-state index < -0.39 is 0 Å². The molecule has 94 valence electrons. The fourth-order valence-corrected chi connectivity index (χ4v) is 3.08. The van der Waals surface area contributed by atoms with Crippen LogP contribution in [0, 0.1) is 0 Å². The van der Waals surface area contributed by atoms with Crippen molar-refractivity contribution < 1.29 is 5.11 Å². The molecule has 0 aliphatic carbocycles. The summed E-state index contributed by atoms with van der Waals surface area (Å²) in [6, 6.07) is 1.41. The van der Waals surface area contributed by atoms with E-state index >= 15 is 0 Å². The number of aliphatic hydroxyl groups is 1. The van der Waals surface area contributed by atoms with Gasteiger partial charge in [0.1, 0.15) is 0 Å². The van der Waals surface area contributed by atoms with Crippen LogP contribution < -0.4 is 0 Å². The Morgan fingerprint density at radius 1 is 1.06 bits per heavy atom. The summed E-state index contributed by atoms with van der Waals surface area (Å²) < 4.78 is 0. The molecule has 0 amide bonds. The summed E-state index contributed by atoms with van der Waals surface area (Å²) in [6.07, 6.45) is 4.67. The predicted octanol–water partition coefficient (Wildman–Crippen LogP) is 1.32. The highest BCUT2D eigenvalue weighted by Crippen LogP contribution is 2.21. The first kappa shape index (κ1) is 12.3. The van der Waals surface area contributed by atoms with Crippen LogP contribution in [0.5, 0.6) is 0 Å². The van der Waals surface area contributed by atoms with E-state index in [0.29, 0.717) is 6.04 Å². The van der Waals surface area contributed by atoms with Crippen LogP contribution in [0.1, 0.15) is 39.5 Å². The summed E-state index contributed by atoms with van der Waals surface area (Å²) >= 11 is 0. The second kappa shape index (κ2) is 5.48. The van der Waals surface area contributed by atoms with Gasteiger partial charge in [0.25, 0.3) is 0 Å². The lowest BCUT2D eigenvalue weighted by atomic mass is 9.98. The molecule has 2 heterocycles. The van der Waals surface area contributed by atoms with Gasteiger partial charge in [0, 0.05) is 18.6 Å². The standard InChI is InChI=1S/C13H26N2O/c1-11(2)14-8-5-12(6-9-14)15-7-3-4-13(16)10-15/h11-13,16H,3-10H2,1-2H3. The summed E-state index contributed by atoms with van der Waals surface area (Å²) in [6.45, 7) is 9.13. The smallest absolute Gasteiger partial charge is 0.0667 e. The quantitative estimate of drug-likeness (QED) is 0.769. The Balaban J connectivity index is 1.79. The van der Waals surface area contributed by atoms with Gasteiger partial charge >= 0.3 is 0 Å². The summed E-state index contributed by atoms with van der Waals surface area (Å²) in [5.41, 5.74) is 0. The van der Waals surface area contributed by atoms with Gasteiger partial charge in [-0.3, -0.25) is 4.90 Å². The largest absolute Gasteiger partial charge is 0.392 e. The summed E-state index contributed by atoms with van der Waals surface area (Å²) in [5, 5.41) is 9.70. The van der Waals surface area contributed by atoms with E-state index in [1.165, 1.54) is 38.9 Å². The molecule has 2 aliphatic heterocycles. The Bertz CT molecular complexity index is 212. The Morgan fingerprint density at radius 2 is 1.75 bits per heavy atom. The summed E-state index contributed by atoms with van der Waals surface area (Å²) in [7, 11) is 0. The van der Waals surface area contributed by atoms with Gasteiger partial charge in [-0.1, -0.05) is 0 Å². The van der Waals surface area contributed by atoms with Crippen molar-refractivity contribution in [1.82, 2.24) is 9.80 Å². The molecule has 0 radical (unpaired) electrons. The maximum atomic E-state index is 9.70. The van der Waals surface area contributed by atoms with Gasteiger partial charge in [0.15, 0.2) is 0 Å². The van der Waals surface area contributed by atoms with Gasteiger partial charge in [-0.05, 0) is 59.2 Å². The van der Waals surface area contributed by atoms with E-state index in [1.807, 2.05) is 0 Å². The number of hydrogen-bond acceptors (Lipinski definition) is 3. The van der Waals surface area contributed by atoms with Crippen LogP contribution in [0.2, 0.25) is 0 Å². The highest BCUT2D eigenvalue weighted by Gasteiger charge is 2.28. The molecule has 0 aromatic heterocycles.